The maximum Gasteiger partial charge on any atom is 0.228 e. The summed E-state index contributed by atoms with van der Waals surface area (Å²) in [6, 6.07) is 11.1. The third kappa shape index (κ3) is 3.35. The van der Waals surface area contributed by atoms with Crippen LogP contribution in [0.25, 0.3) is 22.6 Å². The van der Waals surface area contributed by atoms with Crippen LogP contribution in [0.4, 0.5) is 0 Å². The van der Waals surface area contributed by atoms with E-state index in [1.54, 1.807) is 25.7 Å². The summed E-state index contributed by atoms with van der Waals surface area (Å²) in [4.78, 5) is 12.9. The zero-order chi connectivity index (χ0) is 17.9. The van der Waals surface area contributed by atoms with Crippen molar-refractivity contribution in [3.8, 4) is 23.0 Å². The van der Waals surface area contributed by atoms with Crippen LogP contribution in [0.3, 0.4) is 0 Å². The molecule has 4 rings (SSSR count). The molecule has 0 saturated heterocycles. The Hall–Kier alpha value is -3.41. The first-order chi connectivity index (χ1) is 12.7. The molecule has 129 valence electrons. The molecule has 0 fully saturated rings. The molecule has 0 spiro atoms. The number of ether oxygens (including phenoxy) is 2. The number of fused-ring (bicyclic) bond motifs is 1. The number of methoxy groups -OCH3 is 1. The molecule has 3 aromatic heterocycles. The summed E-state index contributed by atoms with van der Waals surface area (Å²) in [7, 11) is 1.61. The van der Waals surface area contributed by atoms with Gasteiger partial charge in [-0.2, -0.15) is 0 Å². The largest absolute Gasteiger partial charge is 0.495 e. The van der Waals surface area contributed by atoms with Gasteiger partial charge in [0.05, 0.1) is 24.6 Å². The summed E-state index contributed by atoms with van der Waals surface area (Å²) < 4.78 is 16.7. The number of hydrogen-bond donors (Lipinski definition) is 0. The predicted molar refractivity (Wildman–Crippen MR) is 96.8 cm³/mol. The molecule has 0 saturated carbocycles. The van der Waals surface area contributed by atoms with Crippen LogP contribution in [0.5, 0.6) is 11.5 Å². The Morgan fingerprint density at radius 2 is 1.92 bits per heavy atom. The van der Waals surface area contributed by atoms with Crippen molar-refractivity contribution < 1.29 is 13.9 Å². The number of pyridine rings is 2. The predicted octanol–water partition coefficient (Wildman–Crippen LogP) is 4.05. The first kappa shape index (κ1) is 16.1. The molecule has 0 aliphatic rings. The van der Waals surface area contributed by atoms with Crippen LogP contribution < -0.4 is 9.47 Å². The minimum atomic E-state index is 0.355. The third-order valence-electron chi connectivity index (χ3n) is 3.82. The fraction of sp³-hybridized carbons (Fsp3) is 0.100. The number of rotatable bonds is 5. The van der Waals surface area contributed by atoms with Gasteiger partial charge >= 0.3 is 0 Å². The van der Waals surface area contributed by atoms with Gasteiger partial charge in [-0.25, -0.2) is 4.98 Å². The summed E-state index contributed by atoms with van der Waals surface area (Å²) in [6.45, 7) is 4.23. The Labute approximate surface area is 150 Å². The smallest absolute Gasteiger partial charge is 0.228 e. The molecule has 4 aromatic rings. The summed E-state index contributed by atoms with van der Waals surface area (Å²) in [6.07, 6.45) is 5.05. The lowest BCUT2D eigenvalue weighted by molar-refractivity contribution is 0.301. The van der Waals surface area contributed by atoms with Crippen molar-refractivity contribution in [3.63, 3.8) is 0 Å². The fourth-order valence-electron chi connectivity index (χ4n) is 2.50. The molecule has 0 aliphatic carbocycles. The van der Waals surface area contributed by atoms with Gasteiger partial charge in [0.15, 0.2) is 5.58 Å². The molecule has 0 unspecified atom stereocenters. The second-order valence-corrected chi connectivity index (χ2v) is 5.71. The Morgan fingerprint density at radius 1 is 1.04 bits per heavy atom. The van der Waals surface area contributed by atoms with Gasteiger partial charge in [0, 0.05) is 18.5 Å². The molecule has 1 aromatic carbocycles. The monoisotopic (exact) mass is 346 g/mol. The molecule has 6 heteroatoms. The number of benzene rings is 1. The molecule has 0 bridgehead atoms. The summed E-state index contributed by atoms with van der Waals surface area (Å²) >= 11 is 0. The SMILES string of the molecule is [CH2]c1cncc(-c2nc3cc(OCc4ccc(OC)cn4)ccc3o2)c1. The van der Waals surface area contributed by atoms with Gasteiger partial charge < -0.3 is 13.9 Å². The van der Waals surface area contributed by atoms with Crippen molar-refractivity contribution in [2.45, 2.75) is 6.61 Å². The minimum Gasteiger partial charge on any atom is -0.495 e. The molecule has 1 radical (unpaired) electrons. The molecule has 0 amide bonds. The van der Waals surface area contributed by atoms with Crippen LogP contribution in [0.2, 0.25) is 0 Å². The highest BCUT2D eigenvalue weighted by molar-refractivity contribution is 5.77. The van der Waals surface area contributed by atoms with Gasteiger partial charge in [-0.15, -0.1) is 0 Å². The maximum atomic E-state index is 5.80. The summed E-state index contributed by atoms with van der Waals surface area (Å²) in [5.74, 6) is 1.91. The summed E-state index contributed by atoms with van der Waals surface area (Å²) in [5.41, 5.74) is 3.81. The first-order valence-electron chi connectivity index (χ1n) is 8.01. The average Bonchev–Trinajstić information content (AvgIpc) is 3.10. The molecule has 0 N–H and O–H groups in total. The van der Waals surface area contributed by atoms with Crippen molar-refractivity contribution in [3.05, 3.63) is 73.2 Å². The molecule has 3 heterocycles. The van der Waals surface area contributed by atoms with E-state index >= 15 is 0 Å². The highest BCUT2D eigenvalue weighted by atomic mass is 16.5. The molecular weight excluding hydrogens is 330 g/mol. The van der Waals surface area contributed by atoms with Crippen LogP contribution >= 0.6 is 0 Å². The molecule has 0 atom stereocenters. The van der Waals surface area contributed by atoms with E-state index < -0.39 is 0 Å². The Balaban J connectivity index is 1.53. The zero-order valence-corrected chi connectivity index (χ0v) is 14.2. The van der Waals surface area contributed by atoms with Gasteiger partial charge in [-0.05, 0) is 42.8 Å². The third-order valence-corrected chi connectivity index (χ3v) is 3.82. The normalized spacial score (nSPS) is 10.8. The van der Waals surface area contributed by atoms with E-state index in [0.29, 0.717) is 29.6 Å². The lowest BCUT2D eigenvalue weighted by Gasteiger charge is -2.06. The highest BCUT2D eigenvalue weighted by Gasteiger charge is 2.10. The topological polar surface area (TPSA) is 70.3 Å². The molecule has 26 heavy (non-hydrogen) atoms. The van der Waals surface area contributed by atoms with E-state index in [1.165, 1.54) is 0 Å². The molecule has 6 nitrogen and oxygen atoms in total. The van der Waals surface area contributed by atoms with Crippen molar-refractivity contribution in [1.82, 2.24) is 15.0 Å². The number of aromatic nitrogens is 3. The van der Waals surface area contributed by atoms with Crippen LogP contribution in [0.1, 0.15) is 11.3 Å². The van der Waals surface area contributed by atoms with Crippen LogP contribution in [0.15, 0.2) is 59.4 Å². The standard InChI is InChI=1S/C20H16N3O3/c1-13-7-14(10-21-9-13)20-23-18-8-16(5-6-19(18)26-20)25-12-15-3-4-17(24-2)11-22-15/h3-11H,1,12H2,2H3. The number of oxazole rings is 1. The quantitative estimate of drug-likeness (QED) is 0.543. The average molecular weight is 346 g/mol. The van der Waals surface area contributed by atoms with Crippen LogP contribution in [-0.2, 0) is 6.61 Å². The van der Waals surface area contributed by atoms with Gasteiger partial charge in [-0.1, -0.05) is 0 Å². The molecule has 0 aliphatic heterocycles. The van der Waals surface area contributed by atoms with E-state index in [-0.39, 0.29) is 0 Å². The Morgan fingerprint density at radius 3 is 2.69 bits per heavy atom. The van der Waals surface area contributed by atoms with Gasteiger partial charge in [0.2, 0.25) is 5.89 Å². The van der Waals surface area contributed by atoms with E-state index in [0.717, 1.165) is 22.3 Å². The lowest BCUT2D eigenvalue weighted by atomic mass is 10.2. The van der Waals surface area contributed by atoms with Crippen molar-refractivity contribution in [2.75, 3.05) is 7.11 Å². The lowest BCUT2D eigenvalue weighted by Crippen LogP contribution is -1.98. The van der Waals surface area contributed by atoms with E-state index in [4.69, 9.17) is 13.9 Å². The first-order valence-corrected chi connectivity index (χ1v) is 8.01. The number of nitrogens with zero attached hydrogens (tertiary/aromatic N) is 3. The van der Waals surface area contributed by atoms with Gasteiger partial charge in [0.25, 0.3) is 0 Å². The fourth-order valence-corrected chi connectivity index (χ4v) is 2.50. The molecular formula is C20H16N3O3. The van der Waals surface area contributed by atoms with Gasteiger partial charge in [-0.3, -0.25) is 9.97 Å². The van der Waals surface area contributed by atoms with Crippen molar-refractivity contribution in [1.29, 1.82) is 0 Å². The van der Waals surface area contributed by atoms with Crippen molar-refractivity contribution >= 4 is 11.1 Å². The Kier molecular flexibility index (Phi) is 4.23. The van der Waals surface area contributed by atoms with E-state index in [9.17, 15) is 0 Å². The van der Waals surface area contributed by atoms with Gasteiger partial charge in [0.1, 0.15) is 23.6 Å². The van der Waals surface area contributed by atoms with Crippen molar-refractivity contribution in [2.24, 2.45) is 0 Å². The van der Waals surface area contributed by atoms with Crippen LogP contribution in [-0.4, -0.2) is 22.1 Å². The summed E-state index contributed by atoms with van der Waals surface area (Å²) in [5, 5.41) is 0. The number of hydrogen-bond acceptors (Lipinski definition) is 6. The second kappa shape index (κ2) is 6.84. The Bertz CT molecular complexity index is 1040. The maximum absolute atomic E-state index is 5.80. The second-order valence-electron chi connectivity index (χ2n) is 5.71. The van der Waals surface area contributed by atoms with Crippen LogP contribution in [0, 0.1) is 6.92 Å². The highest BCUT2D eigenvalue weighted by Crippen LogP contribution is 2.27. The van der Waals surface area contributed by atoms with E-state index in [1.807, 2.05) is 36.4 Å². The van der Waals surface area contributed by atoms with E-state index in [2.05, 4.69) is 21.9 Å². The zero-order valence-electron chi connectivity index (χ0n) is 14.2. The minimum absolute atomic E-state index is 0.355.